The van der Waals surface area contributed by atoms with Crippen LogP contribution in [0.5, 0.6) is 5.75 Å². The van der Waals surface area contributed by atoms with E-state index >= 15 is 0 Å². The molecule has 2 aliphatic heterocycles. The molecule has 3 aromatic carbocycles. The molecule has 1 atom stereocenters. The molecule has 0 radical (unpaired) electrons. The van der Waals surface area contributed by atoms with Gasteiger partial charge >= 0.3 is 0 Å². The molecule has 2 aliphatic rings. The number of rotatable bonds is 7. The second-order valence-electron chi connectivity index (χ2n) is 12.6. The molecule has 1 unspecified atom stereocenters. The van der Waals surface area contributed by atoms with Crippen molar-refractivity contribution in [2.24, 2.45) is 0 Å². The second kappa shape index (κ2) is 11.9. The van der Waals surface area contributed by atoms with E-state index in [1.807, 2.05) is 61.2 Å². The zero-order valence-corrected chi connectivity index (χ0v) is 25.8. The number of benzene rings is 3. The first-order chi connectivity index (χ1) is 20.0. The fourth-order valence-corrected chi connectivity index (χ4v) is 6.82. The maximum absolute atomic E-state index is 13.2. The zero-order valence-electron chi connectivity index (χ0n) is 25.8. The zero-order chi connectivity index (χ0) is 30.1. The standard InChI is InChI=1S/C35H43N3O4/c1-24-19-25(2)21-27(20-24)33(40)36-29-9-12-32-31(22-29)35(6,23-34(4,5)38(32)26(3)39)28-7-10-30(11-8-28)42-18-15-37-13-16-41-17-14-37/h7-12,19-22H,13-18,23H2,1-6H3,(H,36,40). The molecule has 2 amide bonds. The lowest BCUT2D eigenvalue weighted by Gasteiger charge is -2.51. The number of fused-ring (bicyclic) bond motifs is 1. The van der Waals surface area contributed by atoms with Crippen molar-refractivity contribution in [1.82, 2.24) is 4.90 Å². The van der Waals surface area contributed by atoms with E-state index in [-0.39, 0.29) is 11.8 Å². The Morgan fingerprint density at radius 2 is 1.60 bits per heavy atom. The minimum atomic E-state index is -0.412. The van der Waals surface area contributed by atoms with Gasteiger partial charge in [0.1, 0.15) is 12.4 Å². The predicted octanol–water partition coefficient (Wildman–Crippen LogP) is 6.11. The molecule has 0 aromatic heterocycles. The van der Waals surface area contributed by atoms with Crippen LogP contribution in [0.25, 0.3) is 0 Å². The van der Waals surface area contributed by atoms with Crippen LogP contribution in [0.3, 0.4) is 0 Å². The normalized spacial score (nSPS) is 20.1. The number of nitrogens with zero attached hydrogens (tertiary/aromatic N) is 2. The summed E-state index contributed by atoms with van der Waals surface area (Å²) in [4.78, 5) is 30.4. The van der Waals surface area contributed by atoms with Gasteiger partial charge in [-0.05, 0) is 87.7 Å². The van der Waals surface area contributed by atoms with Gasteiger partial charge in [-0.25, -0.2) is 0 Å². The van der Waals surface area contributed by atoms with E-state index < -0.39 is 11.0 Å². The third-order valence-corrected chi connectivity index (χ3v) is 8.55. The highest BCUT2D eigenvalue weighted by atomic mass is 16.5. The Hall–Kier alpha value is -3.68. The van der Waals surface area contributed by atoms with E-state index in [1.165, 1.54) is 0 Å². The highest BCUT2D eigenvalue weighted by Crippen LogP contribution is 2.51. The van der Waals surface area contributed by atoms with E-state index in [2.05, 4.69) is 49.2 Å². The molecular formula is C35H43N3O4. The number of amides is 2. The van der Waals surface area contributed by atoms with Gasteiger partial charge in [-0.15, -0.1) is 0 Å². The summed E-state index contributed by atoms with van der Waals surface area (Å²) in [5.41, 5.74) is 5.63. The van der Waals surface area contributed by atoms with Crippen LogP contribution in [0, 0.1) is 13.8 Å². The summed E-state index contributed by atoms with van der Waals surface area (Å²) < 4.78 is 11.5. The van der Waals surface area contributed by atoms with Gasteiger partial charge in [0, 0.05) is 54.5 Å². The van der Waals surface area contributed by atoms with Crippen LogP contribution in [-0.2, 0) is 14.9 Å². The van der Waals surface area contributed by atoms with Crippen LogP contribution < -0.4 is 15.0 Å². The third-order valence-electron chi connectivity index (χ3n) is 8.55. The van der Waals surface area contributed by atoms with Crippen LogP contribution in [-0.4, -0.2) is 61.7 Å². The van der Waals surface area contributed by atoms with Crippen LogP contribution in [0.15, 0.2) is 60.7 Å². The summed E-state index contributed by atoms with van der Waals surface area (Å²) >= 11 is 0. The van der Waals surface area contributed by atoms with E-state index in [1.54, 1.807) is 6.92 Å². The largest absolute Gasteiger partial charge is 0.492 e. The Labute approximate surface area is 249 Å². The van der Waals surface area contributed by atoms with Gasteiger partial charge in [0.15, 0.2) is 0 Å². The van der Waals surface area contributed by atoms with Gasteiger partial charge in [0.05, 0.1) is 13.2 Å². The smallest absolute Gasteiger partial charge is 0.255 e. The van der Waals surface area contributed by atoms with Gasteiger partial charge in [0.25, 0.3) is 5.91 Å². The molecule has 1 N–H and O–H groups in total. The molecule has 3 aromatic rings. The van der Waals surface area contributed by atoms with Crippen LogP contribution in [0.1, 0.15) is 66.7 Å². The first-order valence-electron chi connectivity index (χ1n) is 14.8. The number of ether oxygens (including phenoxy) is 2. The number of hydrogen-bond acceptors (Lipinski definition) is 5. The maximum atomic E-state index is 13.2. The Balaban J connectivity index is 1.43. The van der Waals surface area contributed by atoms with Crippen molar-refractivity contribution < 1.29 is 19.1 Å². The van der Waals surface area contributed by atoms with Gasteiger partial charge in [-0.2, -0.15) is 0 Å². The molecule has 0 bridgehead atoms. The number of anilines is 2. The summed E-state index contributed by atoms with van der Waals surface area (Å²) in [7, 11) is 0. The fraction of sp³-hybridized carbons (Fsp3) is 0.429. The van der Waals surface area contributed by atoms with E-state index in [0.717, 1.165) is 73.0 Å². The van der Waals surface area contributed by atoms with Crippen molar-refractivity contribution >= 4 is 23.2 Å². The Morgan fingerprint density at radius 1 is 0.929 bits per heavy atom. The Kier molecular flexibility index (Phi) is 8.44. The SMILES string of the molecule is CC(=O)N1c2ccc(NC(=O)c3cc(C)cc(C)c3)cc2C(C)(c2ccc(OCCN3CCOCC3)cc2)CC1(C)C. The quantitative estimate of drug-likeness (QED) is 0.372. The second-order valence-corrected chi connectivity index (χ2v) is 12.6. The molecule has 7 heteroatoms. The number of carbonyl (C=O) groups is 2. The summed E-state index contributed by atoms with van der Waals surface area (Å²) in [6.07, 6.45) is 0.721. The molecule has 1 fully saturated rings. The first kappa shape index (κ1) is 29.8. The number of nitrogens with one attached hydrogen (secondary N) is 1. The number of aryl methyl sites for hydroxylation is 2. The molecular weight excluding hydrogens is 526 g/mol. The van der Waals surface area contributed by atoms with Crippen molar-refractivity contribution in [3.05, 3.63) is 88.5 Å². The monoisotopic (exact) mass is 569 g/mol. The van der Waals surface area contributed by atoms with Gasteiger partial charge in [-0.3, -0.25) is 14.5 Å². The topological polar surface area (TPSA) is 71.1 Å². The van der Waals surface area contributed by atoms with Crippen molar-refractivity contribution in [2.75, 3.05) is 49.7 Å². The van der Waals surface area contributed by atoms with Crippen molar-refractivity contribution in [3.8, 4) is 5.75 Å². The van der Waals surface area contributed by atoms with Crippen LogP contribution in [0.2, 0.25) is 0 Å². The predicted molar refractivity (Wildman–Crippen MR) is 168 cm³/mol. The molecule has 42 heavy (non-hydrogen) atoms. The van der Waals surface area contributed by atoms with E-state index in [9.17, 15) is 9.59 Å². The summed E-state index contributed by atoms with van der Waals surface area (Å²) in [6.45, 7) is 17.0. The van der Waals surface area contributed by atoms with Crippen molar-refractivity contribution in [2.45, 2.75) is 58.9 Å². The Bertz CT molecular complexity index is 1440. The summed E-state index contributed by atoms with van der Waals surface area (Å²) in [6, 6.07) is 20.1. The van der Waals surface area contributed by atoms with Gasteiger partial charge in [0.2, 0.25) is 5.91 Å². The van der Waals surface area contributed by atoms with Crippen molar-refractivity contribution in [1.29, 1.82) is 0 Å². The summed E-state index contributed by atoms with van der Waals surface area (Å²) in [5.74, 6) is 0.687. The molecule has 2 heterocycles. The lowest BCUT2D eigenvalue weighted by molar-refractivity contribution is -0.117. The van der Waals surface area contributed by atoms with Crippen molar-refractivity contribution in [3.63, 3.8) is 0 Å². The minimum absolute atomic E-state index is 0.000613. The fourth-order valence-electron chi connectivity index (χ4n) is 6.82. The van der Waals surface area contributed by atoms with Gasteiger partial charge in [-0.1, -0.05) is 36.2 Å². The van der Waals surface area contributed by atoms with Gasteiger partial charge < -0.3 is 19.7 Å². The molecule has 7 nitrogen and oxygen atoms in total. The molecule has 0 aliphatic carbocycles. The lowest BCUT2D eigenvalue weighted by Crippen LogP contribution is -2.55. The maximum Gasteiger partial charge on any atom is 0.255 e. The number of morpholine rings is 1. The van der Waals surface area contributed by atoms with Crippen LogP contribution in [0.4, 0.5) is 11.4 Å². The molecule has 5 rings (SSSR count). The molecule has 0 spiro atoms. The number of carbonyl (C=O) groups excluding carboxylic acids is 2. The summed E-state index contributed by atoms with van der Waals surface area (Å²) in [5, 5.41) is 3.10. The number of hydrogen-bond donors (Lipinski definition) is 1. The highest BCUT2D eigenvalue weighted by molar-refractivity contribution is 6.05. The first-order valence-corrected chi connectivity index (χ1v) is 14.8. The molecule has 0 saturated carbocycles. The molecule has 1 saturated heterocycles. The molecule has 222 valence electrons. The third kappa shape index (κ3) is 6.22. The highest BCUT2D eigenvalue weighted by Gasteiger charge is 2.47. The minimum Gasteiger partial charge on any atom is -0.492 e. The van der Waals surface area contributed by atoms with E-state index in [4.69, 9.17) is 9.47 Å². The average Bonchev–Trinajstić information content (AvgIpc) is 2.93. The lowest BCUT2D eigenvalue weighted by atomic mass is 9.65. The average molecular weight is 570 g/mol. The van der Waals surface area contributed by atoms with Crippen LogP contribution >= 0.6 is 0 Å². The van der Waals surface area contributed by atoms with E-state index in [0.29, 0.717) is 17.9 Å². The Morgan fingerprint density at radius 3 is 2.24 bits per heavy atom.